The second kappa shape index (κ2) is 5.66. The van der Waals surface area contributed by atoms with Crippen LogP contribution < -0.4 is 0 Å². The molecule has 21 heavy (non-hydrogen) atoms. The molecule has 5 heteroatoms. The topological polar surface area (TPSA) is 75.7 Å². The van der Waals surface area contributed by atoms with Crippen molar-refractivity contribution in [1.29, 1.82) is 0 Å². The number of pyridine rings is 1. The third kappa shape index (κ3) is 2.72. The first-order valence-electron chi connectivity index (χ1n) is 6.66. The first kappa shape index (κ1) is 13.2. The number of para-hydroxylation sites is 1. The number of aromatic nitrogens is 3. The molecule has 3 aromatic rings. The number of hydrogen-bond donors (Lipinski definition) is 1. The van der Waals surface area contributed by atoms with Gasteiger partial charge < -0.3 is 0 Å². The van der Waals surface area contributed by atoms with Crippen molar-refractivity contribution in [2.24, 2.45) is 0 Å². The number of fused-ring (bicyclic) bond motifs is 1. The summed E-state index contributed by atoms with van der Waals surface area (Å²) in [5.41, 5.74) is 1.59. The zero-order chi connectivity index (χ0) is 14.7. The summed E-state index contributed by atoms with van der Waals surface area (Å²) in [6.45, 7) is 0. The molecule has 0 amide bonds. The molecule has 5 nitrogen and oxygen atoms in total. The van der Waals surface area contributed by atoms with Crippen molar-refractivity contribution in [1.82, 2.24) is 15.2 Å². The Morgan fingerprint density at radius 1 is 0.952 bits per heavy atom. The van der Waals surface area contributed by atoms with E-state index in [1.165, 1.54) is 0 Å². The van der Waals surface area contributed by atoms with Crippen molar-refractivity contribution >= 4 is 22.5 Å². The van der Waals surface area contributed by atoms with Gasteiger partial charge in [0.25, 0.3) is 0 Å². The summed E-state index contributed by atoms with van der Waals surface area (Å²) < 4.78 is 0. The second-order valence-electron chi connectivity index (χ2n) is 4.68. The maximum absolute atomic E-state index is 12.2. The lowest BCUT2D eigenvalue weighted by Crippen LogP contribution is -2.07. The predicted octanol–water partition coefficient (Wildman–Crippen LogP) is 2.80. The molecule has 2 aromatic heterocycles. The van der Waals surface area contributed by atoms with E-state index in [0.29, 0.717) is 11.4 Å². The van der Waals surface area contributed by atoms with Gasteiger partial charge in [0.1, 0.15) is 11.4 Å². The molecule has 0 fully saturated rings. The summed E-state index contributed by atoms with van der Waals surface area (Å²) in [6, 6.07) is 12.6. The van der Waals surface area contributed by atoms with E-state index in [4.69, 9.17) is 0 Å². The fourth-order valence-corrected chi connectivity index (χ4v) is 2.18. The molecule has 2 heterocycles. The largest absolute Gasteiger partial charge is 0.292 e. The Morgan fingerprint density at radius 2 is 1.71 bits per heavy atom. The van der Waals surface area contributed by atoms with Gasteiger partial charge in [-0.05, 0) is 18.2 Å². The van der Waals surface area contributed by atoms with Gasteiger partial charge in [0, 0.05) is 24.4 Å². The molecule has 3 rings (SSSR count). The number of carbonyl (C=O) groups excluding carboxylic acids is 2. The Bertz CT molecular complexity index is 793. The number of ketones is 2. The lowest BCUT2D eigenvalue weighted by Gasteiger charge is -1.99. The van der Waals surface area contributed by atoms with Gasteiger partial charge in [0.2, 0.25) is 0 Å². The van der Waals surface area contributed by atoms with Crippen molar-refractivity contribution in [3.63, 3.8) is 0 Å². The van der Waals surface area contributed by atoms with E-state index >= 15 is 0 Å². The second-order valence-corrected chi connectivity index (χ2v) is 4.68. The van der Waals surface area contributed by atoms with Crippen LogP contribution in [0.1, 0.15) is 33.8 Å². The Morgan fingerprint density at radius 3 is 2.52 bits per heavy atom. The normalized spacial score (nSPS) is 10.7. The van der Waals surface area contributed by atoms with Gasteiger partial charge in [-0.2, -0.15) is 5.10 Å². The van der Waals surface area contributed by atoms with Crippen LogP contribution in [0.3, 0.4) is 0 Å². The van der Waals surface area contributed by atoms with Crippen LogP contribution in [0.25, 0.3) is 10.9 Å². The average molecular weight is 279 g/mol. The van der Waals surface area contributed by atoms with Crippen LogP contribution in [0.5, 0.6) is 0 Å². The highest BCUT2D eigenvalue weighted by Gasteiger charge is 2.16. The number of benzene rings is 1. The minimum Gasteiger partial charge on any atom is -0.292 e. The fraction of sp³-hybridized carbons (Fsp3) is 0.125. The fourth-order valence-electron chi connectivity index (χ4n) is 2.18. The third-order valence-corrected chi connectivity index (χ3v) is 3.26. The summed E-state index contributed by atoms with van der Waals surface area (Å²) in [4.78, 5) is 28.1. The van der Waals surface area contributed by atoms with Crippen LogP contribution in [-0.4, -0.2) is 26.7 Å². The molecule has 0 unspecified atom stereocenters. The molecule has 0 aliphatic heterocycles. The van der Waals surface area contributed by atoms with E-state index in [2.05, 4.69) is 15.2 Å². The summed E-state index contributed by atoms with van der Waals surface area (Å²) >= 11 is 0. The zero-order valence-corrected chi connectivity index (χ0v) is 11.2. The molecule has 0 radical (unpaired) electrons. The SMILES string of the molecule is O=C(CCC(=O)c1n[nH]c2ccccc12)c1ccccn1. The van der Waals surface area contributed by atoms with E-state index in [-0.39, 0.29) is 24.4 Å². The maximum Gasteiger partial charge on any atom is 0.184 e. The highest BCUT2D eigenvalue weighted by atomic mass is 16.1. The zero-order valence-electron chi connectivity index (χ0n) is 11.2. The van der Waals surface area contributed by atoms with Gasteiger partial charge in [0.15, 0.2) is 11.6 Å². The molecule has 0 atom stereocenters. The van der Waals surface area contributed by atoms with Crippen LogP contribution in [0.2, 0.25) is 0 Å². The van der Waals surface area contributed by atoms with E-state index in [1.54, 1.807) is 24.4 Å². The van der Waals surface area contributed by atoms with Crippen LogP contribution in [0.4, 0.5) is 0 Å². The number of carbonyl (C=O) groups is 2. The van der Waals surface area contributed by atoms with Gasteiger partial charge >= 0.3 is 0 Å². The summed E-state index contributed by atoms with van der Waals surface area (Å²) in [5, 5.41) is 7.65. The van der Waals surface area contributed by atoms with E-state index in [1.807, 2.05) is 24.3 Å². The molecule has 1 N–H and O–H groups in total. The number of Topliss-reactive ketones (excluding diaryl/α,β-unsaturated/α-hetero) is 2. The Balaban J connectivity index is 1.71. The first-order chi connectivity index (χ1) is 10.3. The lowest BCUT2D eigenvalue weighted by molar-refractivity contribution is 0.0913. The van der Waals surface area contributed by atoms with E-state index in [9.17, 15) is 9.59 Å². The van der Waals surface area contributed by atoms with Crippen molar-refractivity contribution in [3.05, 3.63) is 60.0 Å². The van der Waals surface area contributed by atoms with Crippen molar-refractivity contribution < 1.29 is 9.59 Å². The standard InChI is InChI=1S/C16H13N3O2/c20-14(13-7-3-4-10-17-13)8-9-15(21)16-11-5-1-2-6-12(11)18-19-16/h1-7,10H,8-9H2,(H,18,19). The average Bonchev–Trinajstić information content (AvgIpc) is 2.97. The number of aromatic amines is 1. The molecule has 0 bridgehead atoms. The Hall–Kier alpha value is -2.82. The van der Waals surface area contributed by atoms with Crippen molar-refractivity contribution in [3.8, 4) is 0 Å². The number of nitrogens with one attached hydrogen (secondary N) is 1. The van der Waals surface area contributed by atoms with Crippen LogP contribution in [0, 0.1) is 0 Å². The highest BCUT2D eigenvalue weighted by Crippen LogP contribution is 2.17. The van der Waals surface area contributed by atoms with Crippen LogP contribution >= 0.6 is 0 Å². The van der Waals surface area contributed by atoms with Crippen LogP contribution in [-0.2, 0) is 0 Å². The molecule has 0 saturated heterocycles. The minimum atomic E-state index is -0.142. The molecular formula is C16H13N3O2. The van der Waals surface area contributed by atoms with Gasteiger partial charge in [0.05, 0.1) is 5.52 Å². The van der Waals surface area contributed by atoms with Crippen molar-refractivity contribution in [2.45, 2.75) is 12.8 Å². The number of rotatable bonds is 5. The molecule has 0 spiro atoms. The monoisotopic (exact) mass is 279 g/mol. The molecule has 0 saturated carbocycles. The third-order valence-electron chi connectivity index (χ3n) is 3.26. The smallest absolute Gasteiger partial charge is 0.184 e. The highest BCUT2D eigenvalue weighted by molar-refractivity contribution is 6.07. The maximum atomic E-state index is 12.2. The quantitative estimate of drug-likeness (QED) is 0.729. The lowest BCUT2D eigenvalue weighted by atomic mass is 10.1. The first-order valence-corrected chi connectivity index (χ1v) is 6.66. The Labute approximate surface area is 121 Å². The predicted molar refractivity (Wildman–Crippen MR) is 78.2 cm³/mol. The van der Waals surface area contributed by atoms with E-state index < -0.39 is 0 Å². The number of H-pyrrole nitrogens is 1. The van der Waals surface area contributed by atoms with Gasteiger partial charge in [-0.15, -0.1) is 0 Å². The molecule has 1 aromatic carbocycles. The summed E-state index contributed by atoms with van der Waals surface area (Å²) in [5.74, 6) is -0.277. The number of nitrogens with zero attached hydrogens (tertiary/aromatic N) is 2. The van der Waals surface area contributed by atoms with E-state index in [0.717, 1.165) is 10.9 Å². The van der Waals surface area contributed by atoms with Gasteiger partial charge in [-0.1, -0.05) is 24.3 Å². The summed E-state index contributed by atoms with van der Waals surface area (Å²) in [6.07, 6.45) is 1.83. The minimum absolute atomic E-state index is 0.129. The Kier molecular flexibility index (Phi) is 3.55. The molecule has 0 aliphatic rings. The van der Waals surface area contributed by atoms with Crippen molar-refractivity contribution in [2.75, 3.05) is 0 Å². The van der Waals surface area contributed by atoms with Gasteiger partial charge in [-0.3, -0.25) is 19.7 Å². The number of hydrogen-bond acceptors (Lipinski definition) is 4. The molecule has 104 valence electrons. The summed E-state index contributed by atoms with van der Waals surface area (Å²) in [7, 11) is 0. The molecular weight excluding hydrogens is 266 g/mol. The molecule has 0 aliphatic carbocycles. The van der Waals surface area contributed by atoms with Crippen LogP contribution in [0.15, 0.2) is 48.7 Å². The van der Waals surface area contributed by atoms with Gasteiger partial charge in [-0.25, -0.2) is 0 Å².